The third kappa shape index (κ3) is 3.20. The van der Waals surface area contributed by atoms with Gasteiger partial charge in [-0.2, -0.15) is 0 Å². The summed E-state index contributed by atoms with van der Waals surface area (Å²) in [5, 5.41) is 8.78. The molecule has 0 aromatic heterocycles. The Kier molecular flexibility index (Phi) is 4.25. The van der Waals surface area contributed by atoms with Gasteiger partial charge in [-0.15, -0.1) is 0 Å². The third-order valence-corrected chi connectivity index (χ3v) is 2.03. The summed E-state index contributed by atoms with van der Waals surface area (Å²) in [5.74, 6) is -0.823. The summed E-state index contributed by atoms with van der Waals surface area (Å²) in [6.07, 6.45) is 0. The van der Waals surface area contributed by atoms with E-state index in [4.69, 9.17) is 9.84 Å². The van der Waals surface area contributed by atoms with E-state index in [0.717, 1.165) is 0 Å². The van der Waals surface area contributed by atoms with Crippen molar-refractivity contribution in [2.24, 2.45) is 0 Å². The molecule has 1 aromatic carbocycles. The van der Waals surface area contributed by atoms with Crippen LogP contribution in [0.4, 0.5) is 4.39 Å². The molecule has 16 heavy (non-hydrogen) atoms. The maximum Gasteiger partial charge on any atom is 0.259 e. The van der Waals surface area contributed by atoms with Gasteiger partial charge in [0.15, 0.2) is 18.2 Å². The average Bonchev–Trinajstić information content (AvgIpc) is 2.26. The Morgan fingerprint density at radius 2 is 2.19 bits per heavy atom. The number of rotatable bonds is 4. The van der Waals surface area contributed by atoms with Crippen molar-refractivity contribution in [2.75, 3.05) is 20.7 Å². The molecule has 0 fully saturated rings. The molecule has 0 heterocycles. The van der Waals surface area contributed by atoms with Crippen LogP contribution in [-0.2, 0) is 11.4 Å². The number of carbonyl (C=O) groups is 1. The van der Waals surface area contributed by atoms with Gasteiger partial charge < -0.3 is 14.7 Å². The highest BCUT2D eigenvalue weighted by Crippen LogP contribution is 2.18. The molecule has 0 radical (unpaired) electrons. The number of halogens is 1. The second-order valence-corrected chi connectivity index (χ2v) is 3.50. The standard InChI is InChI=1S/C11H14FNO3/c1-13(2)11(15)7-16-10-4-3-8(6-14)5-9(10)12/h3-5,14H,6-7H2,1-2H3. The van der Waals surface area contributed by atoms with Crippen LogP contribution in [0, 0.1) is 5.82 Å². The van der Waals surface area contributed by atoms with Crippen LogP contribution < -0.4 is 4.74 Å². The molecule has 88 valence electrons. The lowest BCUT2D eigenvalue weighted by molar-refractivity contribution is -0.130. The molecule has 4 nitrogen and oxygen atoms in total. The molecule has 0 spiro atoms. The van der Waals surface area contributed by atoms with Gasteiger partial charge in [0.05, 0.1) is 6.61 Å². The monoisotopic (exact) mass is 227 g/mol. The predicted octanol–water partition coefficient (Wildman–Crippen LogP) is 0.785. The topological polar surface area (TPSA) is 49.8 Å². The van der Waals surface area contributed by atoms with Gasteiger partial charge in [-0.25, -0.2) is 4.39 Å². The molecule has 0 unspecified atom stereocenters. The second-order valence-electron chi connectivity index (χ2n) is 3.50. The Labute approximate surface area is 93.3 Å². The smallest absolute Gasteiger partial charge is 0.259 e. The highest BCUT2D eigenvalue weighted by atomic mass is 19.1. The minimum absolute atomic E-state index is 0.00685. The first-order valence-electron chi connectivity index (χ1n) is 4.77. The van der Waals surface area contributed by atoms with Crippen LogP contribution >= 0.6 is 0 Å². The lowest BCUT2D eigenvalue weighted by atomic mass is 10.2. The number of nitrogens with zero attached hydrogens (tertiary/aromatic N) is 1. The molecule has 0 aliphatic heterocycles. The molecule has 5 heteroatoms. The minimum Gasteiger partial charge on any atom is -0.481 e. The molecule has 0 saturated carbocycles. The fourth-order valence-electron chi connectivity index (χ4n) is 1.03. The highest BCUT2D eigenvalue weighted by molar-refractivity contribution is 5.77. The number of aliphatic hydroxyl groups is 1. The fourth-order valence-corrected chi connectivity index (χ4v) is 1.03. The van der Waals surface area contributed by atoms with E-state index in [1.165, 1.54) is 17.0 Å². The van der Waals surface area contributed by atoms with Gasteiger partial charge in [-0.3, -0.25) is 4.79 Å². The summed E-state index contributed by atoms with van der Waals surface area (Å²) in [6.45, 7) is -0.434. The van der Waals surface area contributed by atoms with E-state index in [2.05, 4.69) is 0 Å². The predicted molar refractivity (Wildman–Crippen MR) is 56.5 cm³/mol. The number of hydrogen-bond donors (Lipinski definition) is 1. The van der Waals surface area contributed by atoms with E-state index < -0.39 is 5.82 Å². The van der Waals surface area contributed by atoms with Gasteiger partial charge >= 0.3 is 0 Å². The van der Waals surface area contributed by atoms with Gasteiger partial charge in [0.2, 0.25) is 0 Å². The summed E-state index contributed by atoms with van der Waals surface area (Å²) in [5.41, 5.74) is 0.462. The molecule has 0 saturated heterocycles. The maximum absolute atomic E-state index is 13.3. The Hall–Kier alpha value is -1.62. The number of carbonyl (C=O) groups excluding carboxylic acids is 1. The van der Waals surface area contributed by atoms with Crippen LogP contribution in [0.5, 0.6) is 5.75 Å². The Bertz CT molecular complexity index is 379. The first-order chi connectivity index (χ1) is 7.54. The van der Waals surface area contributed by atoms with E-state index in [1.807, 2.05) is 0 Å². The zero-order chi connectivity index (χ0) is 12.1. The van der Waals surface area contributed by atoms with Crippen molar-refractivity contribution in [1.29, 1.82) is 0 Å². The summed E-state index contributed by atoms with van der Waals surface area (Å²) >= 11 is 0. The van der Waals surface area contributed by atoms with Crippen molar-refractivity contribution in [1.82, 2.24) is 4.90 Å². The van der Waals surface area contributed by atoms with Crippen LogP contribution in [0.2, 0.25) is 0 Å². The lowest BCUT2D eigenvalue weighted by Crippen LogP contribution is -2.27. The van der Waals surface area contributed by atoms with E-state index in [1.54, 1.807) is 20.2 Å². The van der Waals surface area contributed by atoms with Crippen LogP contribution in [-0.4, -0.2) is 36.6 Å². The summed E-state index contributed by atoms with van der Waals surface area (Å²) in [4.78, 5) is 12.6. The first-order valence-corrected chi connectivity index (χ1v) is 4.77. The highest BCUT2D eigenvalue weighted by Gasteiger charge is 2.08. The molecule has 0 aliphatic rings. The van der Waals surface area contributed by atoms with Crippen molar-refractivity contribution >= 4 is 5.91 Å². The fraction of sp³-hybridized carbons (Fsp3) is 0.364. The number of amides is 1. The van der Waals surface area contributed by atoms with Gasteiger partial charge in [0.25, 0.3) is 5.91 Å². The number of benzene rings is 1. The Morgan fingerprint density at radius 1 is 1.50 bits per heavy atom. The van der Waals surface area contributed by atoms with E-state index in [-0.39, 0.29) is 24.9 Å². The normalized spacial score (nSPS) is 10.0. The quantitative estimate of drug-likeness (QED) is 0.827. The van der Waals surface area contributed by atoms with Crippen LogP contribution in [0.3, 0.4) is 0 Å². The van der Waals surface area contributed by atoms with Crippen molar-refractivity contribution in [3.8, 4) is 5.75 Å². The molecule has 1 amide bonds. The van der Waals surface area contributed by atoms with Crippen molar-refractivity contribution in [3.63, 3.8) is 0 Å². The van der Waals surface area contributed by atoms with Crippen molar-refractivity contribution in [3.05, 3.63) is 29.6 Å². The number of aliphatic hydroxyl groups excluding tert-OH is 1. The number of hydrogen-bond acceptors (Lipinski definition) is 3. The van der Waals surface area contributed by atoms with Crippen LogP contribution in [0.25, 0.3) is 0 Å². The molecule has 1 rings (SSSR count). The van der Waals surface area contributed by atoms with Crippen LogP contribution in [0.15, 0.2) is 18.2 Å². The minimum atomic E-state index is -0.585. The lowest BCUT2D eigenvalue weighted by Gasteiger charge is -2.12. The van der Waals surface area contributed by atoms with E-state index in [9.17, 15) is 9.18 Å². The Balaban J connectivity index is 2.64. The first kappa shape index (κ1) is 12.4. The molecule has 0 aliphatic carbocycles. The van der Waals surface area contributed by atoms with Gasteiger partial charge in [0, 0.05) is 14.1 Å². The van der Waals surface area contributed by atoms with E-state index in [0.29, 0.717) is 5.56 Å². The molecular weight excluding hydrogens is 213 g/mol. The van der Waals surface area contributed by atoms with Crippen molar-refractivity contribution < 1.29 is 19.0 Å². The average molecular weight is 227 g/mol. The zero-order valence-electron chi connectivity index (χ0n) is 9.24. The van der Waals surface area contributed by atoms with Crippen LogP contribution in [0.1, 0.15) is 5.56 Å². The number of ether oxygens (including phenoxy) is 1. The third-order valence-electron chi connectivity index (χ3n) is 2.03. The SMILES string of the molecule is CN(C)C(=O)COc1ccc(CO)cc1F. The maximum atomic E-state index is 13.3. The summed E-state index contributed by atoms with van der Waals surface area (Å²) in [7, 11) is 3.19. The molecule has 1 aromatic rings. The van der Waals surface area contributed by atoms with E-state index >= 15 is 0 Å². The van der Waals surface area contributed by atoms with Gasteiger partial charge in [-0.05, 0) is 17.7 Å². The zero-order valence-corrected chi connectivity index (χ0v) is 9.24. The molecule has 0 atom stereocenters. The number of likely N-dealkylation sites (N-methyl/N-ethyl adjacent to an activating group) is 1. The molecular formula is C11H14FNO3. The molecule has 1 N–H and O–H groups in total. The molecule has 0 bridgehead atoms. The Morgan fingerprint density at radius 3 is 2.69 bits per heavy atom. The van der Waals surface area contributed by atoms with Crippen molar-refractivity contribution in [2.45, 2.75) is 6.61 Å². The largest absolute Gasteiger partial charge is 0.481 e. The second kappa shape index (κ2) is 5.46. The summed E-state index contributed by atoms with van der Waals surface area (Å²) < 4.78 is 18.3. The van der Waals surface area contributed by atoms with Gasteiger partial charge in [0.1, 0.15) is 0 Å². The van der Waals surface area contributed by atoms with Gasteiger partial charge in [-0.1, -0.05) is 6.07 Å². The summed E-state index contributed by atoms with van der Waals surface area (Å²) in [6, 6.07) is 4.11.